The van der Waals surface area contributed by atoms with E-state index in [0.29, 0.717) is 18.7 Å². The molecule has 2 heterocycles. The highest BCUT2D eigenvalue weighted by Gasteiger charge is 2.27. The van der Waals surface area contributed by atoms with E-state index in [4.69, 9.17) is 5.73 Å². The Morgan fingerprint density at radius 1 is 1.29 bits per heavy atom. The van der Waals surface area contributed by atoms with Crippen LogP contribution in [0.3, 0.4) is 0 Å². The average Bonchev–Trinajstić information content (AvgIpc) is 3.28. The summed E-state index contributed by atoms with van der Waals surface area (Å²) in [5.74, 6) is -0.706. The molecule has 0 unspecified atom stereocenters. The van der Waals surface area contributed by atoms with Gasteiger partial charge in [-0.2, -0.15) is 5.10 Å². The van der Waals surface area contributed by atoms with Crippen LogP contribution in [0.4, 0.5) is 17.2 Å². The molecular weight excluding hydrogens is 442 g/mol. The minimum absolute atomic E-state index is 0.0114. The minimum atomic E-state index is -0.762. The summed E-state index contributed by atoms with van der Waals surface area (Å²) >= 11 is 0. The monoisotopic (exact) mass is 469 g/mol. The van der Waals surface area contributed by atoms with Crippen LogP contribution in [0.1, 0.15) is 44.1 Å². The molecule has 0 aliphatic heterocycles. The highest BCUT2D eigenvalue weighted by Crippen LogP contribution is 2.22. The van der Waals surface area contributed by atoms with Crippen LogP contribution < -0.4 is 21.9 Å². The highest BCUT2D eigenvalue weighted by molar-refractivity contribution is 6.06. The molecule has 3 N–H and O–H groups in total. The molecule has 0 saturated carbocycles. The molecule has 180 valence electrons. The Morgan fingerprint density at radius 2 is 2.03 bits per heavy atom. The molecule has 34 heavy (non-hydrogen) atoms. The van der Waals surface area contributed by atoms with Crippen molar-refractivity contribution in [3.63, 3.8) is 0 Å². The summed E-state index contributed by atoms with van der Waals surface area (Å²) < 4.78 is 2.59. The zero-order valence-corrected chi connectivity index (χ0v) is 19.2. The summed E-state index contributed by atoms with van der Waals surface area (Å²) in [6.07, 6.45) is 2.97. The number of carbonyl (C=O) groups excluding carboxylic acids is 1. The SMILES string of the molecule is CCCCn1c(N)c(N(CC(C)C)C(=O)c2ccn(-c3cccc([N+](=O)[O-])c3)n2)c(=O)[nH]c1=O. The fourth-order valence-corrected chi connectivity index (χ4v) is 3.49. The van der Waals surface area contributed by atoms with Gasteiger partial charge in [0.2, 0.25) is 0 Å². The first-order valence-electron chi connectivity index (χ1n) is 10.9. The predicted molar refractivity (Wildman–Crippen MR) is 127 cm³/mol. The van der Waals surface area contributed by atoms with E-state index in [1.54, 1.807) is 6.07 Å². The van der Waals surface area contributed by atoms with E-state index in [9.17, 15) is 24.5 Å². The molecule has 12 heteroatoms. The van der Waals surface area contributed by atoms with Crippen molar-refractivity contribution in [3.8, 4) is 5.69 Å². The number of carbonyl (C=O) groups is 1. The lowest BCUT2D eigenvalue weighted by Gasteiger charge is -2.25. The molecule has 0 radical (unpaired) electrons. The highest BCUT2D eigenvalue weighted by atomic mass is 16.6. The molecule has 3 rings (SSSR count). The molecule has 1 aromatic carbocycles. The van der Waals surface area contributed by atoms with E-state index in [1.165, 1.54) is 44.6 Å². The van der Waals surface area contributed by atoms with Crippen molar-refractivity contribution < 1.29 is 9.72 Å². The van der Waals surface area contributed by atoms with Crippen LogP contribution in [-0.2, 0) is 6.54 Å². The molecule has 0 bridgehead atoms. The smallest absolute Gasteiger partial charge is 0.330 e. The first-order valence-corrected chi connectivity index (χ1v) is 10.9. The van der Waals surface area contributed by atoms with Gasteiger partial charge in [0.1, 0.15) is 5.82 Å². The summed E-state index contributed by atoms with van der Waals surface area (Å²) in [7, 11) is 0. The van der Waals surface area contributed by atoms with Crippen molar-refractivity contribution in [2.24, 2.45) is 5.92 Å². The summed E-state index contributed by atoms with van der Waals surface area (Å²) in [6, 6.07) is 7.27. The number of amides is 1. The van der Waals surface area contributed by atoms with E-state index < -0.39 is 22.1 Å². The van der Waals surface area contributed by atoms with Crippen molar-refractivity contribution in [1.29, 1.82) is 0 Å². The van der Waals surface area contributed by atoms with Crippen molar-refractivity contribution in [2.75, 3.05) is 17.2 Å². The van der Waals surface area contributed by atoms with Crippen LogP contribution in [0.25, 0.3) is 5.69 Å². The van der Waals surface area contributed by atoms with Gasteiger partial charge in [0.25, 0.3) is 17.2 Å². The quantitative estimate of drug-likeness (QED) is 0.359. The van der Waals surface area contributed by atoms with Crippen molar-refractivity contribution >= 4 is 23.1 Å². The number of rotatable bonds is 9. The van der Waals surface area contributed by atoms with Crippen LogP contribution in [0.15, 0.2) is 46.1 Å². The molecular formula is C22H27N7O5. The molecule has 0 aliphatic carbocycles. The number of hydrogen-bond acceptors (Lipinski definition) is 7. The van der Waals surface area contributed by atoms with Gasteiger partial charge in [-0.3, -0.25) is 34.2 Å². The number of nitrogens with zero attached hydrogens (tertiary/aromatic N) is 5. The Balaban J connectivity index is 2.05. The number of nitro benzene ring substituents is 1. The predicted octanol–water partition coefficient (Wildman–Crippen LogP) is 2.32. The molecule has 12 nitrogen and oxygen atoms in total. The Bertz CT molecular complexity index is 1320. The number of aromatic amines is 1. The van der Waals surface area contributed by atoms with Gasteiger partial charge < -0.3 is 5.73 Å². The average molecular weight is 470 g/mol. The molecule has 0 fully saturated rings. The maximum atomic E-state index is 13.5. The number of nitrogens with one attached hydrogen (secondary N) is 1. The number of anilines is 2. The number of hydrogen-bond donors (Lipinski definition) is 2. The van der Waals surface area contributed by atoms with Gasteiger partial charge in [0.05, 0.1) is 10.6 Å². The zero-order chi connectivity index (χ0) is 25.0. The second-order valence-electron chi connectivity index (χ2n) is 8.23. The number of benzene rings is 1. The third-order valence-corrected chi connectivity index (χ3v) is 5.13. The third-order valence-electron chi connectivity index (χ3n) is 5.13. The van der Waals surface area contributed by atoms with Gasteiger partial charge in [-0.25, -0.2) is 9.48 Å². The molecule has 0 atom stereocenters. The van der Waals surface area contributed by atoms with Gasteiger partial charge in [0, 0.05) is 31.4 Å². The standard InChI is InChI=1S/C22H27N7O5/c1-4-5-10-26-19(23)18(20(30)24-22(26)32)27(13-14(2)3)21(31)17-9-11-28(25-17)15-7-6-8-16(12-15)29(33)34/h6-9,11-12,14H,4-5,10,13,23H2,1-3H3,(H,24,30,32). The van der Waals surface area contributed by atoms with E-state index in [2.05, 4.69) is 10.1 Å². The van der Waals surface area contributed by atoms with Crippen molar-refractivity contribution in [2.45, 2.75) is 40.2 Å². The second kappa shape index (κ2) is 10.1. The second-order valence-corrected chi connectivity index (χ2v) is 8.23. The number of nitrogens with two attached hydrogens (primary N) is 1. The van der Waals surface area contributed by atoms with Gasteiger partial charge in [-0.05, 0) is 24.5 Å². The normalized spacial score (nSPS) is 11.1. The Hall–Kier alpha value is -4.22. The molecule has 1 amide bonds. The molecule has 2 aromatic heterocycles. The third kappa shape index (κ3) is 5.05. The van der Waals surface area contributed by atoms with Crippen LogP contribution in [0.5, 0.6) is 0 Å². The Labute approximate surface area is 194 Å². The molecule has 0 aliphatic rings. The van der Waals surface area contributed by atoms with Crippen molar-refractivity contribution in [3.05, 3.63) is 73.2 Å². The summed E-state index contributed by atoms with van der Waals surface area (Å²) in [4.78, 5) is 52.5. The number of nitrogen functional groups attached to an aromatic ring is 1. The van der Waals surface area contributed by atoms with Crippen LogP contribution in [0, 0.1) is 16.0 Å². The van der Waals surface area contributed by atoms with Crippen LogP contribution in [-0.4, -0.2) is 36.7 Å². The Morgan fingerprint density at radius 3 is 2.68 bits per heavy atom. The number of unbranched alkanes of at least 4 members (excludes halogenated alkanes) is 1. The van der Waals surface area contributed by atoms with E-state index in [-0.39, 0.29) is 35.3 Å². The summed E-state index contributed by atoms with van der Waals surface area (Å²) in [5.41, 5.74) is 5.01. The fraction of sp³-hybridized carbons (Fsp3) is 0.364. The largest absolute Gasteiger partial charge is 0.383 e. The maximum absolute atomic E-state index is 13.5. The lowest BCUT2D eigenvalue weighted by atomic mass is 10.2. The Kier molecular flexibility index (Phi) is 7.29. The molecule has 3 aromatic rings. The number of aromatic nitrogens is 4. The van der Waals surface area contributed by atoms with Crippen LogP contribution >= 0.6 is 0 Å². The minimum Gasteiger partial charge on any atom is -0.383 e. The van der Waals surface area contributed by atoms with Gasteiger partial charge in [-0.15, -0.1) is 0 Å². The first kappa shape index (κ1) is 24.4. The van der Waals surface area contributed by atoms with Gasteiger partial charge >= 0.3 is 5.69 Å². The van der Waals surface area contributed by atoms with Crippen molar-refractivity contribution in [1.82, 2.24) is 19.3 Å². The number of nitro groups is 1. The fourth-order valence-electron chi connectivity index (χ4n) is 3.49. The molecule has 0 spiro atoms. The topological polar surface area (TPSA) is 162 Å². The lowest BCUT2D eigenvalue weighted by Crippen LogP contribution is -2.43. The van der Waals surface area contributed by atoms with Gasteiger partial charge in [0.15, 0.2) is 11.4 Å². The van der Waals surface area contributed by atoms with Crippen LogP contribution in [0.2, 0.25) is 0 Å². The van der Waals surface area contributed by atoms with E-state index >= 15 is 0 Å². The first-order chi connectivity index (χ1) is 16.1. The zero-order valence-electron chi connectivity index (χ0n) is 19.2. The number of non-ortho nitro benzene ring substituents is 1. The van der Waals surface area contributed by atoms with Gasteiger partial charge in [-0.1, -0.05) is 33.3 Å². The van der Waals surface area contributed by atoms with E-state index in [1.807, 2.05) is 20.8 Å². The molecule has 0 saturated heterocycles. The summed E-state index contributed by atoms with van der Waals surface area (Å²) in [6.45, 7) is 6.16. The lowest BCUT2D eigenvalue weighted by molar-refractivity contribution is -0.384. The van der Waals surface area contributed by atoms with E-state index in [0.717, 1.165) is 6.42 Å². The maximum Gasteiger partial charge on any atom is 0.330 e. The number of H-pyrrole nitrogens is 1. The summed E-state index contributed by atoms with van der Waals surface area (Å²) in [5, 5.41) is 15.3.